The van der Waals surface area contributed by atoms with E-state index < -0.39 is 12.1 Å². The number of carbonyl (C=O) groups is 2. The molecule has 3 atom stereocenters. The molecule has 5 rings (SSSR count). The minimum absolute atomic E-state index is 0.0625. The lowest BCUT2D eigenvalue weighted by Crippen LogP contribution is -2.52. The van der Waals surface area contributed by atoms with Crippen LogP contribution in [0.1, 0.15) is 31.2 Å². The molecule has 8 nitrogen and oxygen atoms in total. The van der Waals surface area contributed by atoms with E-state index in [1.54, 1.807) is 14.2 Å². The summed E-state index contributed by atoms with van der Waals surface area (Å²) in [6.07, 6.45) is -1.10. The van der Waals surface area contributed by atoms with Gasteiger partial charge in [-0.1, -0.05) is 48.5 Å². The number of urea groups is 1. The van der Waals surface area contributed by atoms with E-state index in [2.05, 4.69) is 52.9 Å². The predicted molar refractivity (Wildman–Crippen MR) is 158 cm³/mol. The molecule has 11 heteroatoms. The Bertz CT molecular complexity index is 1420. The molecule has 3 aromatic carbocycles. The third-order valence-corrected chi connectivity index (χ3v) is 8.29. The van der Waals surface area contributed by atoms with Gasteiger partial charge in [0.1, 0.15) is 0 Å². The number of aliphatic carboxylic acids is 1. The van der Waals surface area contributed by atoms with Gasteiger partial charge in [-0.2, -0.15) is 13.2 Å². The molecular formula is C32H36F3N3O5. The SMILES string of the molecule is COc1ccc([C@@]23CC[C@@H](NC(=O)Nc4cccc(-c5ccccc5)c4)C[C@@H]2N(C)CC3)cc1OC.O=C(O)C(F)(F)F. The number of alkyl halides is 3. The van der Waals surface area contributed by atoms with Crippen LogP contribution < -0.4 is 20.1 Å². The van der Waals surface area contributed by atoms with Gasteiger partial charge in [0.2, 0.25) is 0 Å². The molecule has 0 bridgehead atoms. The van der Waals surface area contributed by atoms with Gasteiger partial charge >= 0.3 is 18.2 Å². The Kier molecular flexibility index (Phi) is 9.85. The van der Waals surface area contributed by atoms with E-state index in [0.29, 0.717) is 6.04 Å². The molecule has 1 aliphatic carbocycles. The van der Waals surface area contributed by atoms with Gasteiger partial charge in [0.15, 0.2) is 11.5 Å². The van der Waals surface area contributed by atoms with Gasteiger partial charge in [-0.05, 0) is 80.2 Å². The summed E-state index contributed by atoms with van der Waals surface area (Å²) in [6.45, 7) is 1.05. The zero-order valence-electron chi connectivity index (χ0n) is 24.3. The summed E-state index contributed by atoms with van der Waals surface area (Å²) in [5.41, 5.74) is 4.37. The van der Waals surface area contributed by atoms with Crippen molar-refractivity contribution in [3.63, 3.8) is 0 Å². The summed E-state index contributed by atoms with van der Waals surface area (Å²) >= 11 is 0. The topological polar surface area (TPSA) is 100 Å². The van der Waals surface area contributed by atoms with Crippen LogP contribution >= 0.6 is 0 Å². The number of benzene rings is 3. The van der Waals surface area contributed by atoms with Gasteiger partial charge in [-0.25, -0.2) is 9.59 Å². The number of likely N-dealkylation sites (N-methyl/N-ethyl adjacent to an activating group) is 1. The molecular weight excluding hydrogens is 563 g/mol. The summed E-state index contributed by atoms with van der Waals surface area (Å²) in [5.74, 6) is -1.23. The Balaban J connectivity index is 0.000000541. The molecule has 1 saturated carbocycles. The van der Waals surface area contributed by atoms with Crippen molar-refractivity contribution in [1.29, 1.82) is 0 Å². The second-order valence-electron chi connectivity index (χ2n) is 10.8. The lowest BCUT2D eigenvalue weighted by atomic mass is 9.65. The van der Waals surface area contributed by atoms with Crippen molar-refractivity contribution in [3.05, 3.63) is 78.4 Å². The number of carbonyl (C=O) groups excluding carboxylic acids is 1. The van der Waals surface area contributed by atoms with Gasteiger partial charge in [0, 0.05) is 23.2 Å². The fraction of sp³-hybridized carbons (Fsp3) is 0.375. The third kappa shape index (κ3) is 7.40. The van der Waals surface area contributed by atoms with E-state index in [1.807, 2.05) is 42.5 Å². The second kappa shape index (κ2) is 13.4. The number of halogens is 3. The highest BCUT2D eigenvalue weighted by atomic mass is 19.4. The van der Waals surface area contributed by atoms with E-state index in [4.69, 9.17) is 19.4 Å². The van der Waals surface area contributed by atoms with Crippen LogP contribution in [0.25, 0.3) is 11.1 Å². The highest BCUT2D eigenvalue weighted by Crippen LogP contribution is 2.49. The van der Waals surface area contributed by atoms with Crippen LogP contribution in [-0.4, -0.2) is 68.1 Å². The number of nitrogens with one attached hydrogen (secondary N) is 2. The van der Waals surface area contributed by atoms with Crippen LogP contribution in [0.4, 0.5) is 23.7 Å². The normalized spacial score (nSPS) is 21.5. The van der Waals surface area contributed by atoms with Crippen LogP contribution in [-0.2, 0) is 10.2 Å². The molecule has 0 unspecified atom stereocenters. The highest BCUT2D eigenvalue weighted by Gasteiger charge is 2.50. The fourth-order valence-electron chi connectivity index (χ4n) is 6.15. The summed E-state index contributed by atoms with van der Waals surface area (Å²) < 4.78 is 42.8. The molecule has 0 spiro atoms. The highest BCUT2D eigenvalue weighted by molar-refractivity contribution is 5.90. The van der Waals surface area contributed by atoms with E-state index >= 15 is 0 Å². The van der Waals surface area contributed by atoms with Crippen molar-refractivity contribution < 1.29 is 37.3 Å². The summed E-state index contributed by atoms with van der Waals surface area (Å²) in [5, 5.41) is 13.4. The van der Waals surface area contributed by atoms with Crippen LogP contribution in [0.2, 0.25) is 0 Å². The Hall–Kier alpha value is -4.25. The smallest absolute Gasteiger partial charge is 0.490 e. The lowest BCUT2D eigenvalue weighted by Gasteiger charge is -2.45. The average Bonchev–Trinajstić information content (AvgIpc) is 3.33. The van der Waals surface area contributed by atoms with E-state index in [-0.39, 0.29) is 17.5 Å². The standard InChI is InChI=1S/C30H35N3O3.C2HF3O2/c1-33-17-16-30(23-12-13-26(35-2)27(19-23)36-3)15-14-25(20-28(30)33)32-29(34)31-24-11-7-10-22(18-24)21-8-5-4-6-9-21;3-2(4,5)1(6)7/h4-13,18-19,25,28H,14-17,20H2,1-3H3,(H2,31,32,34);(H,6,7)/t25-,28+,30+;/m1./s1. The quantitative estimate of drug-likeness (QED) is 0.307. The number of carboxylic acid groups (broad SMARTS) is 1. The van der Waals surface area contributed by atoms with Crippen LogP contribution in [0, 0.1) is 0 Å². The van der Waals surface area contributed by atoms with E-state index in [1.165, 1.54) is 5.56 Å². The maximum atomic E-state index is 12.9. The summed E-state index contributed by atoms with van der Waals surface area (Å²) in [6, 6.07) is 24.9. The fourth-order valence-corrected chi connectivity index (χ4v) is 6.15. The molecule has 0 aromatic heterocycles. The number of hydrogen-bond donors (Lipinski definition) is 3. The number of carboxylic acids is 1. The Morgan fingerprint density at radius 2 is 1.60 bits per heavy atom. The van der Waals surface area contributed by atoms with Crippen molar-refractivity contribution in [2.75, 3.05) is 33.1 Å². The van der Waals surface area contributed by atoms with Crippen molar-refractivity contribution in [2.45, 2.75) is 49.4 Å². The molecule has 3 aromatic rings. The van der Waals surface area contributed by atoms with Crippen LogP contribution in [0.15, 0.2) is 72.8 Å². The average molecular weight is 600 g/mol. The number of methoxy groups -OCH3 is 2. The number of anilines is 1. The molecule has 230 valence electrons. The van der Waals surface area contributed by atoms with Gasteiger partial charge < -0.3 is 30.1 Å². The van der Waals surface area contributed by atoms with Gasteiger partial charge in [0.25, 0.3) is 0 Å². The number of nitrogens with zero attached hydrogens (tertiary/aromatic N) is 1. The number of amides is 2. The predicted octanol–water partition coefficient (Wildman–Crippen LogP) is 6.32. The number of ether oxygens (including phenoxy) is 2. The Morgan fingerprint density at radius 3 is 2.26 bits per heavy atom. The molecule has 43 heavy (non-hydrogen) atoms. The number of likely N-dealkylation sites (tertiary alicyclic amines) is 1. The Morgan fingerprint density at radius 1 is 0.930 bits per heavy atom. The molecule has 1 heterocycles. The first-order valence-corrected chi connectivity index (χ1v) is 13.9. The molecule has 0 radical (unpaired) electrons. The largest absolute Gasteiger partial charge is 0.493 e. The first-order chi connectivity index (χ1) is 20.5. The third-order valence-electron chi connectivity index (χ3n) is 8.29. The summed E-state index contributed by atoms with van der Waals surface area (Å²) in [7, 11) is 5.55. The molecule has 1 saturated heterocycles. The number of hydrogen-bond acceptors (Lipinski definition) is 5. The second-order valence-corrected chi connectivity index (χ2v) is 10.8. The number of fused-ring (bicyclic) bond motifs is 1. The van der Waals surface area contributed by atoms with Crippen molar-refractivity contribution in [3.8, 4) is 22.6 Å². The van der Waals surface area contributed by atoms with Gasteiger partial charge in [-0.15, -0.1) is 0 Å². The Labute approximate surface area is 248 Å². The first kappa shape index (κ1) is 31.7. The first-order valence-electron chi connectivity index (χ1n) is 13.9. The van der Waals surface area contributed by atoms with Gasteiger partial charge in [0.05, 0.1) is 14.2 Å². The van der Waals surface area contributed by atoms with Crippen molar-refractivity contribution >= 4 is 17.7 Å². The van der Waals surface area contributed by atoms with Crippen LogP contribution in [0.3, 0.4) is 0 Å². The van der Waals surface area contributed by atoms with Crippen LogP contribution in [0.5, 0.6) is 11.5 Å². The number of rotatable bonds is 6. The minimum atomic E-state index is -5.08. The van der Waals surface area contributed by atoms with Crippen molar-refractivity contribution in [2.24, 2.45) is 0 Å². The zero-order valence-corrected chi connectivity index (χ0v) is 24.3. The lowest BCUT2D eigenvalue weighted by molar-refractivity contribution is -0.192. The monoisotopic (exact) mass is 599 g/mol. The van der Waals surface area contributed by atoms with Crippen molar-refractivity contribution in [1.82, 2.24) is 10.2 Å². The molecule has 2 fully saturated rings. The maximum absolute atomic E-state index is 12.9. The van der Waals surface area contributed by atoms with E-state index in [9.17, 15) is 18.0 Å². The zero-order chi connectivity index (χ0) is 31.2. The van der Waals surface area contributed by atoms with E-state index in [0.717, 1.165) is 60.5 Å². The molecule has 1 aliphatic heterocycles. The minimum Gasteiger partial charge on any atom is -0.493 e. The molecule has 2 aliphatic rings. The maximum Gasteiger partial charge on any atom is 0.490 e. The molecule has 2 amide bonds. The molecule has 3 N–H and O–H groups in total. The summed E-state index contributed by atoms with van der Waals surface area (Å²) in [4.78, 5) is 24.3. The van der Waals surface area contributed by atoms with Gasteiger partial charge in [-0.3, -0.25) is 0 Å².